The lowest BCUT2D eigenvalue weighted by molar-refractivity contribution is -0.387. The summed E-state index contributed by atoms with van der Waals surface area (Å²) in [5.41, 5.74) is -0.392. The van der Waals surface area contributed by atoms with Gasteiger partial charge >= 0.3 is 23.4 Å². The van der Waals surface area contributed by atoms with Crippen LogP contribution < -0.4 is 9.47 Å². The summed E-state index contributed by atoms with van der Waals surface area (Å²) in [6.07, 6.45) is 1.36. The molecule has 1 amide bonds. The molecule has 19 heteroatoms. The Kier molecular flexibility index (Phi) is 9.12. The van der Waals surface area contributed by atoms with E-state index in [4.69, 9.17) is 9.47 Å². The first-order valence-corrected chi connectivity index (χ1v) is 14.0. The van der Waals surface area contributed by atoms with Crippen LogP contribution in [0.1, 0.15) is 5.56 Å². The monoisotopic (exact) mass is 597 g/mol. The van der Waals surface area contributed by atoms with Gasteiger partial charge in [-0.3, -0.25) is 19.1 Å². The third-order valence-corrected chi connectivity index (χ3v) is 6.36. The van der Waals surface area contributed by atoms with Crippen LogP contribution in [0.4, 0.5) is 5.69 Å². The molecular formula is C21H21N6O11S2-. The first kappa shape index (κ1) is 30.1. The van der Waals surface area contributed by atoms with Crippen LogP contribution in [0.5, 0.6) is 17.5 Å². The summed E-state index contributed by atoms with van der Waals surface area (Å²) in [5, 5.41) is 20.3. The number of amides is 1. The SMILES string of the molecule is CN(C)C(=O)Cc1cc(Oc2nc(S(C)(=O)=O)nc(OC(CS(=O)[O-])C(=O)O)c2[N+](=O)[O-])cc(-c2ncc[nH]2)c1. The maximum Gasteiger partial charge on any atom is 0.392 e. The highest BCUT2D eigenvalue weighted by Crippen LogP contribution is 2.38. The second kappa shape index (κ2) is 12.1. The number of aromatic amines is 1. The number of H-pyrrole nitrogens is 1. The summed E-state index contributed by atoms with van der Waals surface area (Å²) in [7, 11) is -1.19. The highest BCUT2D eigenvalue weighted by molar-refractivity contribution is 7.90. The number of aromatic nitrogens is 4. The molecule has 0 aliphatic heterocycles. The van der Waals surface area contributed by atoms with Gasteiger partial charge in [0.05, 0.1) is 17.1 Å². The summed E-state index contributed by atoms with van der Waals surface area (Å²) < 4.78 is 57.2. The van der Waals surface area contributed by atoms with Crippen LogP contribution in [0.3, 0.4) is 0 Å². The van der Waals surface area contributed by atoms with Crippen molar-refractivity contribution in [3.63, 3.8) is 0 Å². The minimum atomic E-state index is -4.28. The fourth-order valence-electron chi connectivity index (χ4n) is 3.11. The zero-order chi connectivity index (χ0) is 29.8. The van der Waals surface area contributed by atoms with Crippen LogP contribution in [-0.2, 0) is 36.9 Å². The number of nitro groups is 1. The molecule has 0 aliphatic rings. The Morgan fingerprint density at radius 3 is 2.42 bits per heavy atom. The van der Waals surface area contributed by atoms with Gasteiger partial charge in [0.15, 0.2) is 0 Å². The molecule has 40 heavy (non-hydrogen) atoms. The Labute approximate surface area is 228 Å². The molecule has 0 radical (unpaired) electrons. The Bertz CT molecular complexity index is 1580. The first-order chi connectivity index (χ1) is 18.6. The number of nitrogens with zero attached hydrogens (tertiary/aromatic N) is 5. The third-order valence-electron chi connectivity index (χ3n) is 4.94. The average molecular weight is 598 g/mol. The quantitative estimate of drug-likeness (QED) is 0.123. The van der Waals surface area contributed by atoms with Gasteiger partial charge < -0.3 is 29.0 Å². The molecule has 17 nitrogen and oxygen atoms in total. The van der Waals surface area contributed by atoms with E-state index in [2.05, 4.69) is 19.9 Å². The number of carboxylic acid groups (broad SMARTS) is 1. The predicted octanol–water partition coefficient (Wildman–Crippen LogP) is 0.313. The maximum atomic E-state index is 12.3. The maximum absolute atomic E-state index is 12.3. The molecule has 2 N–H and O–H groups in total. The first-order valence-electron chi connectivity index (χ1n) is 10.9. The number of carbonyl (C=O) groups is 2. The van der Waals surface area contributed by atoms with Crippen molar-refractivity contribution in [1.29, 1.82) is 0 Å². The number of benzene rings is 1. The molecule has 0 aliphatic carbocycles. The van der Waals surface area contributed by atoms with E-state index in [1.807, 2.05) is 0 Å². The number of aliphatic carboxylic acids is 1. The molecule has 0 bridgehead atoms. The lowest BCUT2D eigenvalue weighted by atomic mass is 10.1. The molecule has 0 spiro atoms. The third kappa shape index (κ3) is 7.55. The van der Waals surface area contributed by atoms with Crippen molar-refractivity contribution >= 4 is 38.5 Å². The van der Waals surface area contributed by atoms with Gasteiger partial charge in [0, 0.05) is 38.3 Å². The lowest BCUT2D eigenvalue weighted by Gasteiger charge is -2.17. The van der Waals surface area contributed by atoms with Gasteiger partial charge in [0.1, 0.15) is 11.6 Å². The molecule has 0 saturated heterocycles. The van der Waals surface area contributed by atoms with Crippen molar-refractivity contribution < 1.29 is 46.3 Å². The summed E-state index contributed by atoms with van der Waals surface area (Å²) in [5.74, 6) is -5.14. The molecule has 2 atom stereocenters. The largest absolute Gasteiger partial charge is 0.772 e. The van der Waals surface area contributed by atoms with Crippen LogP contribution in [0.25, 0.3) is 11.4 Å². The van der Waals surface area contributed by atoms with E-state index in [0.717, 1.165) is 0 Å². The number of carboxylic acids is 1. The molecule has 2 unspecified atom stereocenters. The van der Waals surface area contributed by atoms with E-state index < -0.39 is 66.3 Å². The molecule has 0 fully saturated rings. The predicted molar refractivity (Wildman–Crippen MR) is 134 cm³/mol. The van der Waals surface area contributed by atoms with Gasteiger partial charge in [0.25, 0.3) is 5.16 Å². The number of carbonyl (C=O) groups excluding carboxylic acids is 1. The van der Waals surface area contributed by atoms with Crippen molar-refractivity contribution in [3.05, 3.63) is 46.3 Å². The van der Waals surface area contributed by atoms with Crippen molar-refractivity contribution in [2.75, 3.05) is 26.1 Å². The molecule has 3 rings (SSSR count). The Morgan fingerprint density at radius 1 is 1.23 bits per heavy atom. The number of hydrogen-bond acceptors (Lipinski definition) is 13. The number of hydrogen-bond donors (Lipinski definition) is 2. The van der Waals surface area contributed by atoms with E-state index in [0.29, 0.717) is 23.2 Å². The number of sulfone groups is 1. The molecule has 1 aromatic carbocycles. The Morgan fingerprint density at radius 2 is 1.90 bits per heavy atom. The van der Waals surface area contributed by atoms with Gasteiger partial charge in [-0.1, -0.05) is 11.1 Å². The average Bonchev–Trinajstić information content (AvgIpc) is 3.37. The van der Waals surface area contributed by atoms with E-state index in [-0.39, 0.29) is 18.1 Å². The lowest BCUT2D eigenvalue weighted by Crippen LogP contribution is -2.33. The van der Waals surface area contributed by atoms with Gasteiger partial charge in [-0.2, -0.15) is 9.97 Å². The number of ether oxygens (including phenoxy) is 2. The standard InChI is InChI=1S/C21H22N6O11S2/c1-26(2)15(28)8-11-6-12(17-22-4-5-23-17)9-13(7-11)37-18-16(27(31)32)19(25-21(24-18)40(3,35)36)38-14(20(29)30)10-39(33)34/h4-7,9,14H,8,10H2,1-3H3,(H,22,23)(H,29,30)(H,33,34)/p-1. The number of rotatable bonds is 12. The minimum Gasteiger partial charge on any atom is -0.772 e. The Hall–Kier alpha value is -4.49. The Balaban J connectivity index is 2.20. The number of imidazole rings is 1. The van der Waals surface area contributed by atoms with Crippen molar-refractivity contribution in [1.82, 2.24) is 24.8 Å². The van der Waals surface area contributed by atoms with E-state index in [1.165, 1.54) is 29.4 Å². The number of likely N-dealkylation sites (N-methyl/N-ethyl adjacent to an activating group) is 1. The smallest absolute Gasteiger partial charge is 0.392 e. The zero-order valence-corrected chi connectivity index (χ0v) is 22.6. The van der Waals surface area contributed by atoms with Crippen molar-refractivity contribution in [2.45, 2.75) is 17.7 Å². The van der Waals surface area contributed by atoms with Crippen molar-refractivity contribution in [3.8, 4) is 28.9 Å². The van der Waals surface area contributed by atoms with Gasteiger partial charge in [-0.25, -0.2) is 18.2 Å². The fourth-order valence-corrected chi connectivity index (χ4v) is 4.07. The number of nitrogens with one attached hydrogen (secondary N) is 1. The van der Waals surface area contributed by atoms with E-state index >= 15 is 0 Å². The summed E-state index contributed by atoms with van der Waals surface area (Å²) in [6, 6.07) is 4.33. The summed E-state index contributed by atoms with van der Waals surface area (Å²) >= 11 is -2.95. The molecule has 3 aromatic rings. The minimum absolute atomic E-state index is 0.112. The molecule has 0 saturated carbocycles. The zero-order valence-electron chi connectivity index (χ0n) is 21.0. The topological polar surface area (TPSA) is 248 Å². The molecule has 214 valence electrons. The second-order valence-electron chi connectivity index (χ2n) is 8.28. The summed E-state index contributed by atoms with van der Waals surface area (Å²) in [4.78, 5) is 50.1. The van der Waals surface area contributed by atoms with E-state index in [9.17, 15) is 42.0 Å². The highest BCUT2D eigenvalue weighted by Gasteiger charge is 2.34. The molecule has 2 aromatic heterocycles. The fraction of sp³-hybridized carbons (Fsp3) is 0.286. The van der Waals surface area contributed by atoms with E-state index in [1.54, 1.807) is 20.2 Å². The second-order valence-corrected chi connectivity index (χ2v) is 11.1. The van der Waals surface area contributed by atoms with Gasteiger partial charge in [-0.15, -0.1) is 0 Å². The van der Waals surface area contributed by atoms with Gasteiger partial charge in [0.2, 0.25) is 21.8 Å². The van der Waals surface area contributed by atoms with Gasteiger partial charge in [-0.05, 0) is 23.8 Å². The van der Waals surface area contributed by atoms with Crippen LogP contribution in [0, 0.1) is 10.1 Å². The summed E-state index contributed by atoms with van der Waals surface area (Å²) in [6.45, 7) is 0. The van der Waals surface area contributed by atoms with Crippen LogP contribution >= 0.6 is 0 Å². The van der Waals surface area contributed by atoms with Crippen LogP contribution in [0.2, 0.25) is 0 Å². The van der Waals surface area contributed by atoms with Crippen LogP contribution in [0.15, 0.2) is 35.7 Å². The molecular weight excluding hydrogens is 576 g/mol. The normalized spacial score (nSPS) is 12.8. The van der Waals surface area contributed by atoms with Crippen LogP contribution in [-0.4, -0.2) is 96.1 Å². The highest BCUT2D eigenvalue weighted by atomic mass is 32.2. The van der Waals surface area contributed by atoms with Crippen molar-refractivity contribution in [2.24, 2.45) is 0 Å². The molecule has 2 heterocycles.